The van der Waals surface area contributed by atoms with Crippen LogP contribution in [-0.2, 0) is 17.7 Å². The lowest BCUT2D eigenvalue weighted by Gasteiger charge is -2.18. The van der Waals surface area contributed by atoms with E-state index in [-0.39, 0.29) is 5.92 Å². The zero-order valence-corrected chi connectivity index (χ0v) is 12.5. The molecule has 0 radical (unpaired) electrons. The largest absolute Gasteiger partial charge is 0.392 e. The van der Waals surface area contributed by atoms with Crippen LogP contribution < -0.4 is 0 Å². The predicted molar refractivity (Wildman–Crippen MR) is 71.1 cm³/mol. The van der Waals surface area contributed by atoms with Gasteiger partial charge in [0.25, 0.3) is 0 Å². The third-order valence-electron chi connectivity index (χ3n) is 2.94. The molecule has 1 aromatic rings. The van der Waals surface area contributed by atoms with Crippen molar-refractivity contribution >= 4 is 15.9 Å². The van der Waals surface area contributed by atoms with E-state index in [0.717, 1.165) is 22.4 Å². The Morgan fingerprint density at radius 3 is 2.71 bits per heavy atom. The van der Waals surface area contributed by atoms with Gasteiger partial charge in [-0.15, -0.1) is 0 Å². The van der Waals surface area contributed by atoms with Gasteiger partial charge in [-0.2, -0.15) is 5.10 Å². The third kappa shape index (κ3) is 3.53. The van der Waals surface area contributed by atoms with E-state index in [0.29, 0.717) is 13.0 Å². The normalized spacial score (nSPS) is 14.9. The van der Waals surface area contributed by atoms with Gasteiger partial charge in [0.1, 0.15) is 0 Å². The van der Waals surface area contributed by atoms with Crippen molar-refractivity contribution in [2.75, 3.05) is 13.7 Å². The van der Waals surface area contributed by atoms with Crippen LogP contribution >= 0.6 is 15.9 Å². The molecule has 0 aromatic carbocycles. The Kier molecular flexibility index (Phi) is 5.62. The molecule has 1 rings (SSSR count). The molecule has 1 aromatic heterocycles. The average Bonchev–Trinajstić information content (AvgIpc) is 2.57. The van der Waals surface area contributed by atoms with E-state index in [1.165, 1.54) is 0 Å². The lowest BCUT2D eigenvalue weighted by atomic mass is 10.0. The Morgan fingerprint density at radius 2 is 2.18 bits per heavy atom. The molecule has 0 fully saturated rings. The molecule has 0 bridgehead atoms. The minimum Gasteiger partial charge on any atom is -0.392 e. The SMILES string of the molecule is CCn1nc(C)c(Br)c1CC(O)C(C)COC. The molecule has 98 valence electrons. The van der Waals surface area contributed by atoms with Crippen LogP contribution in [0, 0.1) is 12.8 Å². The van der Waals surface area contributed by atoms with E-state index in [1.807, 2.05) is 25.5 Å². The summed E-state index contributed by atoms with van der Waals surface area (Å²) in [5.41, 5.74) is 2.02. The number of methoxy groups -OCH3 is 1. The first-order chi connectivity index (χ1) is 8.01. The summed E-state index contributed by atoms with van der Waals surface area (Å²) in [4.78, 5) is 0. The highest BCUT2D eigenvalue weighted by Gasteiger charge is 2.20. The van der Waals surface area contributed by atoms with Gasteiger partial charge in [0.15, 0.2) is 0 Å². The Balaban J connectivity index is 2.80. The number of hydrogen-bond acceptors (Lipinski definition) is 3. The maximum atomic E-state index is 10.1. The molecule has 2 unspecified atom stereocenters. The van der Waals surface area contributed by atoms with Crippen molar-refractivity contribution in [3.8, 4) is 0 Å². The van der Waals surface area contributed by atoms with Crippen molar-refractivity contribution in [1.82, 2.24) is 9.78 Å². The number of nitrogens with zero attached hydrogens (tertiary/aromatic N) is 2. The summed E-state index contributed by atoms with van der Waals surface area (Å²) in [6.07, 6.45) is 0.187. The van der Waals surface area contributed by atoms with Crippen LogP contribution in [0.25, 0.3) is 0 Å². The number of hydrogen-bond donors (Lipinski definition) is 1. The van der Waals surface area contributed by atoms with E-state index in [4.69, 9.17) is 4.74 Å². The van der Waals surface area contributed by atoms with Crippen molar-refractivity contribution in [3.63, 3.8) is 0 Å². The first kappa shape index (κ1) is 14.7. The topological polar surface area (TPSA) is 47.3 Å². The summed E-state index contributed by atoms with van der Waals surface area (Å²) in [5.74, 6) is 0.118. The van der Waals surface area contributed by atoms with E-state index in [9.17, 15) is 5.11 Å². The smallest absolute Gasteiger partial charge is 0.0738 e. The van der Waals surface area contributed by atoms with Crippen LogP contribution in [0.15, 0.2) is 4.47 Å². The van der Waals surface area contributed by atoms with E-state index in [1.54, 1.807) is 7.11 Å². The summed E-state index contributed by atoms with van der Waals surface area (Å²) in [7, 11) is 1.65. The molecule has 0 spiro atoms. The molecule has 2 atom stereocenters. The fourth-order valence-electron chi connectivity index (χ4n) is 1.84. The molecule has 0 aliphatic heterocycles. The molecule has 0 aliphatic rings. The average molecular weight is 305 g/mol. The number of aliphatic hydroxyl groups is 1. The second-order valence-corrected chi connectivity index (χ2v) is 5.16. The highest BCUT2D eigenvalue weighted by Crippen LogP contribution is 2.23. The maximum Gasteiger partial charge on any atom is 0.0738 e. The van der Waals surface area contributed by atoms with E-state index in [2.05, 4.69) is 21.0 Å². The van der Waals surface area contributed by atoms with E-state index < -0.39 is 6.10 Å². The van der Waals surface area contributed by atoms with E-state index >= 15 is 0 Å². The summed E-state index contributed by atoms with van der Waals surface area (Å²) < 4.78 is 8.00. The molecule has 5 heteroatoms. The van der Waals surface area contributed by atoms with Gasteiger partial charge in [-0.25, -0.2) is 0 Å². The Hall–Kier alpha value is -0.390. The summed E-state index contributed by atoms with van der Waals surface area (Å²) in [6, 6.07) is 0. The van der Waals surface area contributed by atoms with Crippen LogP contribution in [0.1, 0.15) is 25.2 Å². The van der Waals surface area contributed by atoms with Gasteiger partial charge in [-0.1, -0.05) is 6.92 Å². The van der Waals surface area contributed by atoms with Gasteiger partial charge in [0.05, 0.1) is 28.6 Å². The van der Waals surface area contributed by atoms with Crippen molar-refractivity contribution < 1.29 is 9.84 Å². The number of aryl methyl sites for hydroxylation is 2. The first-order valence-corrected chi connectivity index (χ1v) is 6.69. The lowest BCUT2D eigenvalue weighted by Crippen LogP contribution is -2.25. The molecule has 4 nitrogen and oxygen atoms in total. The number of aliphatic hydroxyl groups excluding tert-OH is 1. The molecule has 1 N–H and O–H groups in total. The Labute approximate surface area is 111 Å². The second-order valence-electron chi connectivity index (χ2n) is 4.37. The van der Waals surface area contributed by atoms with Gasteiger partial charge in [0.2, 0.25) is 0 Å². The van der Waals surface area contributed by atoms with Gasteiger partial charge in [0, 0.05) is 26.0 Å². The Bertz CT molecular complexity index is 366. The van der Waals surface area contributed by atoms with Crippen LogP contribution in [0.2, 0.25) is 0 Å². The van der Waals surface area contributed by atoms with Crippen molar-refractivity contribution in [1.29, 1.82) is 0 Å². The Morgan fingerprint density at radius 1 is 1.53 bits per heavy atom. The fourth-order valence-corrected chi connectivity index (χ4v) is 2.28. The highest BCUT2D eigenvalue weighted by atomic mass is 79.9. The van der Waals surface area contributed by atoms with Crippen LogP contribution in [0.3, 0.4) is 0 Å². The zero-order valence-electron chi connectivity index (χ0n) is 10.9. The first-order valence-electron chi connectivity index (χ1n) is 5.90. The van der Waals surface area contributed by atoms with Gasteiger partial charge in [-0.05, 0) is 29.8 Å². The molecule has 0 saturated heterocycles. The van der Waals surface area contributed by atoms with Crippen molar-refractivity contribution in [2.24, 2.45) is 5.92 Å². The number of aromatic nitrogens is 2. The molecule has 0 saturated carbocycles. The minimum atomic E-state index is -0.410. The molecule has 0 amide bonds. The zero-order chi connectivity index (χ0) is 13.0. The monoisotopic (exact) mass is 304 g/mol. The number of rotatable bonds is 6. The highest BCUT2D eigenvalue weighted by molar-refractivity contribution is 9.10. The fraction of sp³-hybridized carbons (Fsp3) is 0.750. The molecule has 0 aliphatic carbocycles. The molecule has 1 heterocycles. The van der Waals surface area contributed by atoms with Gasteiger partial charge in [-0.3, -0.25) is 4.68 Å². The van der Waals surface area contributed by atoms with Crippen molar-refractivity contribution in [2.45, 2.75) is 39.8 Å². The standard InChI is InChI=1S/C12H21BrN2O2/c1-5-15-10(12(13)9(3)14-15)6-11(16)8(2)7-17-4/h8,11,16H,5-7H2,1-4H3. The number of halogens is 1. The molecule has 17 heavy (non-hydrogen) atoms. The van der Waals surface area contributed by atoms with Gasteiger partial charge < -0.3 is 9.84 Å². The molecular weight excluding hydrogens is 284 g/mol. The third-order valence-corrected chi connectivity index (χ3v) is 3.97. The van der Waals surface area contributed by atoms with Gasteiger partial charge >= 0.3 is 0 Å². The molecular formula is C12H21BrN2O2. The summed E-state index contributed by atoms with van der Waals surface area (Å²) >= 11 is 3.53. The maximum absolute atomic E-state index is 10.1. The number of ether oxygens (including phenoxy) is 1. The predicted octanol–water partition coefficient (Wildman–Crippen LogP) is 2.16. The minimum absolute atomic E-state index is 0.118. The quantitative estimate of drug-likeness (QED) is 0.876. The summed E-state index contributed by atoms with van der Waals surface area (Å²) in [6.45, 7) is 7.38. The lowest BCUT2D eigenvalue weighted by molar-refractivity contribution is 0.0561. The van der Waals surface area contributed by atoms with Crippen LogP contribution in [0.4, 0.5) is 0 Å². The van der Waals surface area contributed by atoms with Crippen LogP contribution in [0.5, 0.6) is 0 Å². The summed E-state index contributed by atoms with van der Waals surface area (Å²) in [5, 5.41) is 14.5. The van der Waals surface area contributed by atoms with Crippen LogP contribution in [-0.4, -0.2) is 34.7 Å². The second kappa shape index (κ2) is 6.52. The van der Waals surface area contributed by atoms with Crippen molar-refractivity contribution in [3.05, 3.63) is 15.9 Å².